The van der Waals surface area contributed by atoms with Crippen LogP contribution < -0.4 is 5.32 Å². The molecule has 1 N–H and O–H groups in total. The number of nitrogens with zero attached hydrogens (tertiary/aromatic N) is 1. The summed E-state index contributed by atoms with van der Waals surface area (Å²) in [4.78, 5) is 13.2. The van der Waals surface area contributed by atoms with Gasteiger partial charge in [0.2, 0.25) is 5.91 Å². The lowest BCUT2D eigenvalue weighted by Crippen LogP contribution is -2.49. The molecule has 0 aromatic heterocycles. The number of carbonyl (C=O) groups is 1. The van der Waals surface area contributed by atoms with Gasteiger partial charge in [-0.05, 0) is 37.8 Å². The predicted octanol–water partition coefficient (Wildman–Crippen LogP) is 2.36. The molecule has 1 aromatic rings. The van der Waals surface area contributed by atoms with Crippen molar-refractivity contribution in [1.29, 1.82) is 0 Å². The van der Waals surface area contributed by atoms with Crippen LogP contribution >= 0.6 is 0 Å². The third-order valence-corrected chi connectivity index (χ3v) is 3.95. The standard InChI is InChI=1S/C16H23FN2O/c1-12(7-8-13-5-3-4-6-15(13)17)18-14-9-10-16(20)19(2)11-14/h3-6,12,14,18H,7-11H2,1-2H3/t12-,14+/m1/s1. The Morgan fingerprint density at radius 2 is 2.20 bits per heavy atom. The molecular weight excluding hydrogens is 255 g/mol. The Balaban J connectivity index is 1.77. The molecule has 4 heteroatoms. The predicted molar refractivity (Wildman–Crippen MR) is 78.0 cm³/mol. The zero-order valence-corrected chi connectivity index (χ0v) is 12.2. The Hall–Kier alpha value is -1.42. The molecule has 0 aliphatic carbocycles. The van der Waals surface area contributed by atoms with Crippen LogP contribution in [0.1, 0.15) is 31.7 Å². The minimum Gasteiger partial charge on any atom is -0.344 e. The number of carbonyl (C=O) groups excluding carboxylic acids is 1. The maximum Gasteiger partial charge on any atom is 0.222 e. The van der Waals surface area contributed by atoms with Gasteiger partial charge in [-0.25, -0.2) is 4.39 Å². The Morgan fingerprint density at radius 1 is 1.45 bits per heavy atom. The molecular formula is C16H23FN2O. The number of nitrogens with one attached hydrogen (secondary N) is 1. The van der Waals surface area contributed by atoms with Crippen molar-refractivity contribution < 1.29 is 9.18 Å². The van der Waals surface area contributed by atoms with E-state index in [0.29, 0.717) is 18.5 Å². The van der Waals surface area contributed by atoms with Crippen LogP contribution in [0.3, 0.4) is 0 Å². The molecule has 1 aromatic carbocycles. The topological polar surface area (TPSA) is 32.3 Å². The van der Waals surface area contributed by atoms with Gasteiger partial charge in [0.25, 0.3) is 0 Å². The first-order chi connectivity index (χ1) is 9.56. The number of amides is 1. The van der Waals surface area contributed by atoms with Crippen molar-refractivity contribution in [1.82, 2.24) is 10.2 Å². The number of aryl methyl sites for hydroxylation is 1. The third-order valence-electron chi connectivity index (χ3n) is 3.95. The fraction of sp³-hybridized carbons (Fsp3) is 0.562. The average molecular weight is 278 g/mol. The number of rotatable bonds is 5. The SMILES string of the molecule is C[C@H](CCc1ccccc1F)N[C@H]1CCC(=O)N(C)C1. The van der Waals surface area contributed by atoms with Crippen LogP contribution in [0, 0.1) is 5.82 Å². The molecule has 0 saturated carbocycles. The number of hydrogen-bond donors (Lipinski definition) is 1. The van der Waals surface area contributed by atoms with Crippen LogP contribution in [-0.4, -0.2) is 36.5 Å². The van der Waals surface area contributed by atoms with Gasteiger partial charge >= 0.3 is 0 Å². The van der Waals surface area contributed by atoms with Gasteiger partial charge in [0.1, 0.15) is 5.82 Å². The number of piperidine rings is 1. The van der Waals surface area contributed by atoms with Crippen LogP contribution in [0.25, 0.3) is 0 Å². The summed E-state index contributed by atoms with van der Waals surface area (Å²) in [6.07, 6.45) is 3.15. The summed E-state index contributed by atoms with van der Waals surface area (Å²) >= 11 is 0. The summed E-state index contributed by atoms with van der Waals surface area (Å²) in [5, 5.41) is 3.54. The summed E-state index contributed by atoms with van der Waals surface area (Å²) in [6, 6.07) is 7.62. The van der Waals surface area contributed by atoms with Crippen molar-refractivity contribution in [2.45, 2.75) is 44.7 Å². The molecule has 1 saturated heterocycles. The molecule has 20 heavy (non-hydrogen) atoms. The van der Waals surface area contributed by atoms with Gasteiger partial charge in [0.05, 0.1) is 0 Å². The zero-order chi connectivity index (χ0) is 14.5. The van der Waals surface area contributed by atoms with Crippen LogP contribution in [-0.2, 0) is 11.2 Å². The number of likely N-dealkylation sites (tertiary alicyclic amines) is 1. The molecule has 0 radical (unpaired) electrons. The van der Waals surface area contributed by atoms with Crippen molar-refractivity contribution in [3.63, 3.8) is 0 Å². The molecule has 0 bridgehead atoms. The third kappa shape index (κ3) is 4.04. The second-order valence-corrected chi connectivity index (χ2v) is 5.71. The van der Waals surface area contributed by atoms with Crippen molar-refractivity contribution in [2.24, 2.45) is 0 Å². The Bertz CT molecular complexity index is 464. The molecule has 1 aliphatic rings. The summed E-state index contributed by atoms with van der Waals surface area (Å²) in [7, 11) is 1.85. The molecule has 3 nitrogen and oxygen atoms in total. The minimum atomic E-state index is -0.123. The summed E-state index contributed by atoms with van der Waals surface area (Å²) in [6.45, 7) is 2.89. The largest absolute Gasteiger partial charge is 0.344 e. The molecule has 1 fully saturated rings. The van der Waals surface area contributed by atoms with E-state index in [2.05, 4.69) is 12.2 Å². The monoisotopic (exact) mass is 278 g/mol. The van der Waals surface area contributed by atoms with E-state index < -0.39 is 0 Å². The van der Waals surface area contributed by atoms with Gasteiger partial charge in [-0.3, -0.25) is 4.79 Å². The fourth-order valence-electron chi connectivity index (χ4n) is 2.71. The Morgan fingerprint density at radius 3 is 2.90 bits per heavy atom. The molecule has 0 spiro atoms. The lowest BCUT2D eigenvalue weighted by Gasteiger charge is -2.32. The molecule has 1 heterocycles. The van der Waals surface area contributed by atoms with Crippen molar-refractivity contribution in [3.05, 3.63) is 35.6 Å². The van der Waals surface area contributed by atoms with E-state index >= 15 is 0 Å². The van der Waals surface area contributed by atoms with Crippen LogP contribution in [0.4, 0.5) is 4.39 Å². The van der Waals surface area contributed by atoms with Gasteiger partial charge in [0, 0.05) is 32.1 Å². The summed E-state index contributed by atoms with van der Waals surface area (Å²) in [5.74, 6) is 0.102. The van der Waals surface area contributed by atoms with E-state index in [-0.39, 0.29) is 11.7 Å². The zero-order valence-electron chi connectivity index (χ0n) is 12.2. The highest BCUT2D eigenvalue weighted by molar-refractivity contribution is 5.76. The number of likely N-dealkylation sites (N-methyl/N-ethyl adjacent to an activating group) is 1. The fourth-order valence-corrected chi connectivity index (χ4v) is 2.71. The normalized spacial score (nSPS) is 21.1. The average Bonchev–Trinajstić information content (AvgIpc) is 2.42. The maximum absolute atomic E-state index is 13.5. The van der Waals surface area contributed by atoms with Crippen LogP contribution in [0.15, 0.2) is 24.3 Å². The first-order valence-corrected chi connectivity index (χ1v) is 7.29. The Kier molecular flexibility index (Phi) is 5.12. The second-order valence-electron chi connectivity index (χ2n) is 5.71. The van der Waals surface area contributed by atoms with E-state index in [9.17, 15) is 9.18 Å². The molecule has 1 aliphatic heterocycles. The highest BCUT2D eigenvalue weighted by atomic mass is 19.1. The highest BCUT2D eigenvalue weighted by Crippen LogP contribution is 2.13. The summed E-state index contributed by atoms with van der Waals surface area (Å²) < 4.78 is 13.5. The van der Waals surface area contributed by atoms with Gasteiger partial charge in [0.15, 0.2) is 0 Å². The van der Waals surface area contributed by atoms with Gasteiger partial charge in [-0.15, -0.1) is 0 Å². The van der Waals surface area contributed by atoms with E-state index in [1.54, 1.807) is 11.0 Å². The first kappa shape index (κ1) is 15.0. The lowest BCUT2D eigenvalue weighted by atomic mass is 10.0. The maximum atomic E-state index is 13.5. The van der Waals surface area contributed by atoms with Crippen molar-refractivity contribution in [3.8, 4) is 0 Å². The molecule has 0 unspecified atom stereocenters. The number of hydrogen-bond acceptors (Lipinski definition) is 2. The highest BCUT2D eigenvalue weighted by Gasteiger charge is 2.23. The quantitative estimate of drug-likeness (QED) is 0.896. The van der Waals surface area contributed by atoms with Crippen LogP contribution in [0.2, 0.25) is 0 Å². The second kappa shape index (κ2) is 6.84. The molecule has 2 rings (SSSR count). The van der Waals surface area contributed by atoms with E-state index in [1.165, 1.54) is 6.07 Å². The minimum absolute atomic E-state index is 0.123. The van der Waals surface area contributed by atoms with Crippen LogP contribution in [0.5, 0.6) is 0 Å². The molecule has 2 atom stereocenters. The van der Waals surface area contributed by atoms with Gasteiger partial charge in [-0.2, -0.15) is 0 Å². The van der Waals surface area contributed by atoms with E-state index in [4.69, 9.17) is 0 Å². The number of halogens is 1. The van der Waals surface area contributed by atoms with E-state index in [0.717, 1.165) is 31.4 Å². The Labute approximate surface area is 120 Å². The van der Waals surface area contributed by atoms with Gasteiger partial charge < -0.3 is 10.2 Å². The van der Waals surface area contributed by atoms with E-state index in [1.807, 2.05) is 19.2 Å². The molecule has 110 valence electrons. The first-order valence-electron chi connectivity index (χ1n) is 7.29. The van der Waals surface area contributed by atoms with Crippen molar-refractivity contribution in [2.75, 3.05) is 13.6 Å². The lowest BCUT2D eigenvalue weighted by molar-refractivity contribution is -0.132. The smallest absolute Gasteiger partial charge is 0.222 e. The van der Waals surface area contributed by atoms with Crippen molar-refractivity contribution >= 4 is 5.91 Å². The number of benzene rings is 1. The molecule has 1 amide bonds. The summed E-state index contributed by atoms with van der Waals surface area (Å²) in [5.41, 5.74) is 0.775. The van der Waals surface area contributed by atoms with Gasteiger partial charge in [-0.1, -0.05) is 18.2 Å².